The van der Waals surface area contributed by atoms with Crippen LogP contribution in [0.5, 0.6) is 0 Å². The van der Waals surface area contributed by atoms with Gasteiger partial charge in [0, 0.05) is 18.4 Å². The summed E-state index contributed by atoms with van der Waals surface area (Å²) in [6, 6.07) is 10.3. The summed E-state index contributed by atoms with van der Waals surface area (Å²) in [4.78, 5) is 11.8. The number of rotatable bonds is 4. The van der Waals surface area contributed by atoms with E-state index < -0.39 is 0 Å². The minimum Gasteiger partial charge on any atom is -0.355 e. The van der Waals surface area contributed by atoms with Crippen molar-refractivity contribution in [2.45, 2.75) is 46.5 Å². The Bertz CT molecular complexity index is 387. The van der Waals surface area contributed by atoms with Crippen LogP contribution in [0.2, 0.25) is 0 Å². The van der Waals surface area contributed by atoms with E-state index in [-0.39, 0.29) is 16.7 Å². The van der Waals surface area contributed by atoms with Crippen LogP contribution in [0.4, 0.5) is 0 Å². The Labute approximate surface area is 111 Å². The van der Waals surface area contributed by atoms with Gasteiger partial charge < -0.3 is 5.32 Å². The standard InChI is InChI=1S/C16H25NO/c1-15(2,3)11-14(18)17-12-16(4,5)13-9-7-6-8-10-13/h6-10H,11-12H2,1-5H3,(H,17,18). The van der Waals surface area contributed by atoms with Gasteiger partial charge in [-0.3, -0.25) is 4.79 Å². The third-order valence-corrected chi connectivity index (χ3v) is 2.97. The molecule has 0 saturated heterocycles. The van der Waals surface area contributed by atoms with Gasteiger partial charge in [-0.05, 0) is 11.0 Å². The van der Waals surface area contributed by atoms with Gasteiger partial charge in [0.15, 0.2) is 0 Å². The van der Waals surface area contributed by atoms with E-state index >= 15 is 0 Å². The van der Waals surface area contributed by atoms with Crippen LogP contribution in [0.15, 0.2) is 30.3 Å². The van der Waals surface area contributed by atoms with Gasteiger partial charge in [0.05, 0.1) is 0 Å². The van der Waals surface area contributed by atoms with Crippen molar-refractivity contribution in [3.8, 4) is 0 Å². The Morgan fingerprint density at radius 2 is 1.61 bits per heavy atom. The van der Waals surface area contributed by atoms with Crippen molar-refractivity contribution in [1.29, 1.82) is 0 Å². The van der Waals surface area contributed by atoms with Crippen molar-refractivity contribution in [2.24, 2.45) is 5.41 Å². The Hall–Kier alpha value is -1.31. The third-order valence-electron chi connectivity index (χ3n) is 2.97. The number of carbonyl (C=O) groups is 1. The zero-order valence-electron chi connectivity index (χ0n) is 12.2. The van der Waals surface area contributed by atoms with Crippen LogP contribution in [0.25, 0.3) is 0 Å². The summed E-state index contributed by atoms with van der Waals surface area (Å²) in [5.41, 5.74) is 1.26. The topological polar surface area (TPSA) is 29.1 Å². The summed E-state index contributed by atoms with van der Waals surface area (Å²) < 4.78 is 0. The second-order valence-electron chi connectivity index (χ2n) is 6.76. The lowest BCUT2D eigenvalue weighted by Crippen LogP contribution is -2.37. The monoisotopic (exact) mass is 247 g/mol. The first kappa shape index (κ1) is 14.7. The van der Waals surface area contributed by atoms with Crippen molar-refractivity contribution in [1.82, 2.24) is 5.32 Å². The average Bonchev–Trinajstić information content (AvgIpc) is 2.26. The van der Waals surface area contributed by atoms with Gasteiger partial charge >= 0.3 is 0 Å². The molecule has 0 bridgehead atoms. The van der Waals surface area contributed by atoms with Crippen LogP contribution >= 0.6 is 0 Å². The van der Waals surface area contributed by atoms with E-state index in [1.54, 1.807) is 0 Å². The van der Waals surface area contributed by atoms with E-state index in [1.165, 1.54) is 5.56 Å². The highest BCUT2D eigenvalue weighted by Crippen LogP contribution is 2.22. The van der Waals surface area contributed by atoms with Gasteiger partial charge in [0.1, 0.15) is 0 Å². The SMILES string of the molecule is CC(C)(C)CC(=O)NCC(C)(C)c1ccccc1. The largest absolute Gasteiger partial charge is 0.355 e. The lowest BCUT2D eigenvalue weighted by atomic mass is 9.84. The summed E-state index contributed by atoms with van der Waals surface area (Å²) >= 11 is 0. The average molecular weight is 247 g/mol. The molecule has 18 heavy (non-hydrogen) atoms. The first-order chi connectivity index (χ1) is 8.21. The number of nitrogens with one attached hydrogen (secondary N) is 1. The molecule has 0 aliphatic heterocycles. The Morgan fingerprint density at radius 3 is 2.11 bits per heavy atom. The van der Waals surface area contributed by atoms with Crippen molar-refractivity contribution in [3.63, 3.8) is 0 Å². The molecule has 0 aliphatic rings. The molecule has 0 heterocycles. The van der Waals surface area contributed by atoms with Gasteiger partial charge in [-0.25, -0.2) is 0 Å². The summed E-state index contributed by atoms with van der Waals surface area (Å²) in [6.45, 7) is 11.2. The van der Waals surface area contributed by atoms with Gasteiger partial charge in [-0.15, -0.1) is 0 Å². The molecule has 0 unspecified atom stereocenters. The van der Waals surface area contributed by atoms with Gasteiger partial charge in [-0.1, -0.05) is 65.0 Å². The zero-order chi connectivity index (χ0) is 13.8. The highest BCUT2D eigenvalue weighted by Gasteiger charge is 2.22. The molecule has 0 saturated carbocycles. The van der Waals surface area contributed by atoms with Crippen LogP contribution in [0.1, 0.15) is 46.6 Å². The van der Waals surface area contributed by atoms with Crippen molar-refractivity contribution >= 4 is 5.91 Å². The molecule has 1 rings (SSSR count). The summed E-state index contributed by atoms with van der Waals surface area (Å²) in [5, 5.41) is 3.04. The Kier molecular flexibility index (Phi) is 4.55. The first-order valence-electron chi connectivity index (χ1n) is 6.53. The number of hydrogen-bond donors (Lipinski definition) is 1. The van der Waals surface area contributed by atoms with Gasteiger partial charge in [0.2, 0.25) is 5.91 Å². The smallest absolute Gasteiger partial charge is 0.220 e. The molecular formula is C16H25NO. The van der Waals surface area contributed by atoms with E-state index in [0.717, 1.165) is 0 Å². The molecule has 2 nitrogen and oxygen atoms in total. The summed E-state index contributed by atoms with van der Waals surface area (Å²) in [7, 11) is 0. The second-order valence-corrected chi connectivity index (χ2v) is 6.76. The number of amides is 1. The molecule has 0 atom stereocenters. The Balaban J connectivity index is 2.55. The van der Waals surface area contributed by atoms with Gasteiger partial charge in [0.25, 0.3) is 0 Å². The second kappa shape index (κ2) is 5.55. The lowest BCUT2D eigenvalue weighted by Gasteiger charge is -2.26. The molecular weight excluding hydrogens is 222 g/mol. The quantitative estimate of drug-likeness (QED) is 0.866. The van der Waals surface area contributed by atoms with E-state index in [4.69, 9.17) is 0 Å². The molecule has 1 amide bonds. The minimum absolute atomic E-state index is 0.0329. The van der Waals surface area contributed by atoms with E-state index in [9.17, 15) is 4.79 Å². The van der Waals surface area contributed by atoms with E-state index in [2.05, 4.69) is 52.1 Å². The molecule has 1 aromatic carbocycles. The molecule has 0 aliphatic carbocycles. The van der Waals surface area contributed by atoms with Crippen LogP contribution in [0, 0.1) is 5.41 Å². The highest BCUT2D eigenvalue weighted by atomic mass is 16.1. The van der Waals surface area contributed by atoms with Crippen molar-refractivity contribution < 1.29 is 4.79 Å². The lowest BCUT2D eigenvalue weighted by molar-refractivity contribution is -0.123. The third kappa shape index (κ3) is 4.91. The van der Waals surface area contributed by atoms with Crippen molar-refractivity contribution in [2.75, 3.05) is 6.54 Å². The number of carbonyl (C=O) groups excluding carboxylic acids is 1. The molecule has 1 aromatic rings. The minimum atomic E-state index is -0.0329. The molecule has 0 aromatic heterocycles. The molecule has 2 heteroatoms. The van der Waals surface area contributed by atoms with Crippen LogP contribution in [-0.4, -0.2) is 12.5 Å². The molecule has 100 valence electrons. The first-order valence-corrected chi connectivity index (χ1v) is 6.53. The fourth-order valence-corrected chi connectivity index (χ4v) is 1.86. The van der Waals surface area contributed by atoms with E-state index in [1.807, 2.05) is 18.2 Å². The van der Waals surface area contributed by atoms with E-state index in [0.29, 0.717) is 13.0 Å². The van der Waals surface area contributed by atoms with Gasteiger partial charge in [-0.2, -0.15) is 0 Å². The molecule has 0 radical (unpaired) electrons. The van der Waals surface area contributed by atoms with Crippen LogP contribution in [-0.2, 0) is 10.2 Å². The van der Waals surface area contributed by atoms with Crippen LogP contribution in [0.3, 0.4) is 0 Å². The molecule has 0 spiro atoms. The fraction of sp³-hybridized carbons (Fsp3) is 0.562. The fourth-order valence-electron chi connectivity index (χ4n) is 1.86. The van der Waals surface area contributed by atoms with Crippen LogP contribution < -0.4 is 5.32 Å². The number of hydrogen-bond acceptors (Lipinski definition) is 1. The summed E-state index contributed by atoms with van der Waals surface area (Å²) in [5.74, 6) is 0.131. The predicted molar refractivity (Wildman–Crippen MR) is 76.5 cm³/mol. The molecule has 0 fully saturated rings. The highest BCUT2D eigenvalue weighted by molar-refractivity contribution is 5.76. The molecule has 1 N–H and O–H groups in total. The van der Waals surface area contributed by atoms with Crippen molar-refractivity contribution in [3.05, 3.63) is 35.9 Å². The Morgan fingerprint density at radius 1 is 1.06 bits per heavy atom. The zero-order valence-corrected chi connectivity index (χ0v) is 12.2. The maximum atomic E-state index is 11.8. The maximum absolute atomic E-state index is 11.8. The normalized spacial score (nSPS) is 12.3. The number of benzene rings is 1. The summed E-state index contributed by atoms with van der Waals surface area (Å²) in [6.07, 6.45) is 0.567. The predicted octanol–water partition coefficient (Wildman–Crippen LogP) is 3.52. The maximum Gasteiger partial charge on any atom is 0.220 e.